The average molecular weight is 578 g/mol. The van der Waals surface area contributed by atoms with Gasteiger partial charge in [0.25, 0.3) is 0 Å². The molecule has 1 saturated heterocycles. The zero-order valence-electron chi connectivity index (χ0n) is 20.3. The molecule has 1 aromatic carbocycles. The summed E-state index contributed by atoms with van der Waals surface area (Å²) in [5.74, 6) is 2.67. The van der Waals surface area contributed by atoms with Crippen molar-refractivity contribution in [2.24, 2.45) is 10.9 Å². The van der Waals surface area contributed by atoms with E-state index in [1.807, 2.05) is 29.2 Å². The van der Waals surface area contributed by atoms with Crippen molar-refractivity contribution in [3.05, 3.63) is 53.2 Å². The molecule has 0 spiro atoms. The Hall–Kier alpha value is -2.36. The van der Waals surface area contributed by atoms with Crippen LogP contribution in [-0.2, 0) is 11.3 Å². The highest BCUT2D eigenvalue weighted by molar-refractivity contribution is 14.0. The van der Waals surface area contributed by atoms with Gasteiger partial charge >= 0.3 is 0 Å². The Morgan fingerprint density at radius 1 is 1.15 bits per heavy atom. The van der Waals surface area contributed by atoms with Gasteiger partial charge in [0.1, 0.15) is 5.75 Å². The van der Waals surface area contributed by atoms with Crippen molar-refractivity contribution in [2.45, 2.75) is 58.5 Å². The number of hydrogen-bond donors (Lipinski definition) is 2. The first-order valence-corrected chi connectivity index (χ1v) is 12.0. The second-order valence-corrected chi connectivity index (χ2v) is 9.17. The van der Waals surface area contributed by atoms with Crippen molar-refractivity contribution in [2.75, 3.05) is 20.1 Å². The quantitative estimate of drug-likeness (QED) is 0.299. The molecule has 1 unspecified atom stereocenters. The van der Waals surface area contributed by atoms with Crippen LogP contribution in [0.5, 0.6) is 11.6 Å². The van der Waals surface area contributed by atoms with Crippen molar-refractivity contribution < 1.29 is 9.53 Å². The normalized spacial score (nSPS) is 18.5. The number of rotatable bonds is 6. The van der Waals surface area contributed by atoms with E-state index in [1.165, 1.54) is 24.0 Å². The van der Waals surface area contributed by atoms with E-state index < -0.39 is 0 Å². The lowest BCUT2D eigenvalue weighted by atomic mass is 10.1. The minimum Gasteiger partial charge on any atom is -0.439 e. The molecule has 2 aromatic rings. The lowest BCUT2D eigenvalue weighted by Crippen LogP contribution is -2.45. The SMILES string of the molecule is CN=C(NCc1ccnc(Oc2ccc(C)c(C)c2)c1)NC1CCN(C(=O)C2CCCC2)C1.I. The molecule has 4 rings (SSSR count). The molecule has 1 aliphatic heterocycles. The maximum Gasteiger partial charge on any atom is 0.225 e. The van der Waals surface area contributed by atoms with E-state index in [0.717, 1.165) is 49.6 Å². The van der Waals surface area contributed by atoms with E-state index in [2.05, 4.69) is 40.5 Å². The van der Waals surface area contributed by atoms with Crippen molar-refractivity contribution in [3.63, 3.8) is 0 Å². The number of carbonyl (C=O) groups is 1. The number of amides is 1. The molecule has 8 heteroatoms. The van der Waals surface area contributed by atoms with Crippen LogP contribution in [0.2, 0.25) is 0 Å². The van der Waals surface area contributed by atoms with Crippen LogP contribution in [0, 0.1) is 19.8 Å². The van der Waals surface area contributed by atoms with E-state index in [-0.39, 0.29) is 35.9 Å². The van der Waals surface area contributed by atoms with Gasteiger partial charge in [0.05, 0.1) is 0 Å². The Labute approximate surface area is 219 Å². The molecule has 0 radical (unpaired) electrons. The molecule has 1 atom stereocenters. The van der Waals surface area contributed by atoms with Gasteiger partial charge in [-0.05, 0) is 68.0 Å². The molecule has 1 aromatic heterocycles. The summed E-state index contributed by atoms with van der Waals surface area (Å²) in [6.45, 7) is 6.33. The summed E-state index contributed by atoms with van der Waals surface area (Å²) >= 11 is 0. The second kappa shape index (κ2) is 12.4. The first-order valence-electron chi connectivity index (χ1n) is 12.0. The number of pyridine rings is 1. The Morgan fingerprint density at radius 3 is 2.68 bits per heavy atom. The topological polar surface area (TPSA) is 78.9 Å². The Balaban J connectivity index is 0.00000324. The van der Waals surface area contributed by atoms with Gasteiger partial charge in [0.15, 0.2) is 5.96 Å². The number of benzene rings is 1. The molecule has 34 heavy (non-hydrogen) atoms. The zero-order valence-corrected chi connectivity index (χ0v) is 22.7. The van der Waals surface area contributed by atoms with E-state index >= 15 is 0 Å². The first-order chi connectivity index (χ1) is 16.0. The lowest BCUT2D eigenvalue weighted by Gasteiger charge is -2.21. The third-order valence-electron chi connectivity index (χ3n) is 6.73. The fraction of sp³-hybridized carbons (Fsp3) is 0.500. The summed E-state index contributed by atoms with van der Waals surface area (Å²) in [5.41, 5.74) is 3.48. The van der Waals surface area contributed by atoms with Crippen molar-refractivity contribution in [3.8, 4) is 11.6 Å². The Bertz CT molecular complexity index is 1010. The molecule has 2 N–H and O–H groups in total. The number of guanidine groups is 1. The summed E-state index contributed by atoms with van der Waals surface area (Å²) in [5, 5.41) is 6.85. The number of halogens is 1. The molecule has 2 fully saturated rings. The van der Waals surface area contributed by atoms with Gasteiger partial charge in [-0.2, -0.15) is 0 Å². The predicted octanol–water partition coefficient (Wildman–Crippen LogP) is 4.56. The number of hydrogen-bond acceptors (Lipinski definition) is 4. The van der Waals surface area contributed by atoms with Crippen LogP contribution in [-0.4, -0.2) is 47.9 Å². The minimum atomic E-state index is 0. The fourth-order valence-corrected chi connectivity index (χ4v) is 4.60. The van der Waals surface area contributed by atoms with Gasteiger partial charge in [-0.15, -0.1) is 24.0 Å². The standard InChI is InChI=1S/C26H35N5O2.HI/c1-18-8-9-23(14-19(18)2)33-24-15-20(10-12-28-24)16-29-26(27-3)30-22-11-13-31(17-22)25(32)21-6-4-5-7-21;/h8-10,12,14-15,21-22H,4-7,11,13,16-17H2,1-3H3,(H2,27,29,30);1H. The van der Waals surface area contributed by atoms with Crippen molar-refractivity contribution in [1.29, 1.82) is 0 Å². The summed E-state index contributed by atoms with van der Waals surface area (Å²) in [6, 6.07) is 10.2. The van der Waals surface area contributed by atoms with Crippen molar-refractivity contribution in [1.82, 2.24) is 20.5 Å². The highest BCUT2D eigenvalue weighted by Crippen LogP contribution is 2.28. The summed E-state index contributed by atoms with van der Waals surface area (Å²) in [4.78, 5) is 23.4. The van der Waals surface area contributed by atoms with Gasteiger partial charge in [0, 0.05) is 50.9 Å². The maximum atomic E-state index is 12.7. The van der Waals surface area contributed by atoms with Crippen LogP contribution >= 0.6 is 24.0 Å². The largest absolute Gasteiger partial charge is 0.439 e. The van der Waals surface area contributed by atoms with Gasteiger partial charge < -0.3 is 20.3 Å². The van der Waals surface area contributed by atoms with Crippen LogP contribution < -0.4 is 15.4 Å². The lowest BCUT2D eigenvalue weighted by molar-refractivity contribution is -0.134. The first kappa shape index (κ1) is 26.2. The zero-order chi connectivity index (χ0) is 23.2. The van der Waals surface area contributed by atoms with Crippen LogP contribution in [0.1, 0.15) is 48.8 Å². The molecule has 2 aliphatic rings. The third-order valence-corrected chi connectivity index (χ3v) is 6.73. The molecule has 0 bridgehead atoms. The van der Waals surface area contributed by atoms with Gasteiger partial charge in [-0.1, -0.05) is 18.9 Å². The van der Waals surface area contributed by atoms with E-state index in [4.69, 9.17) is 4.74 Å². The third kappa shape index (κ3) is 6.84. The smallest absolute Gasteiger partial charge is 0.225 e. The molecule has 1 aliphatic carbocycles. The minimum absolute atomic E-state index is 0. The maximum absolute atomic E-state index is 12.7. The van der Waals surface area contributed by atoms with Crippen molar-refractivity contribution >= 4 is 35.8 Å². The van der Waals surface area contributed by atoms with Crippen LogP contribution in [0.15, 0.2) is 41.5 Å². The predicted molar refractivity (Wildman–Crippen MR) is 146 cm³/mol. The Kier molecular flexibility index (Phi) is 9.55. The number of nitrogens with one attached hydrogen (secondary N) is 2. The number of aromatic nitrogens is 1. The number of aryl methyl sites for hydroxylation is 2. The van der Waals surface area contributed by atoms with Crippen LogP contribution in [0.4, 0.5) is 0 Å². The summed E-state index contributed by atoms with van der Waals surface area (Å²) in [7, 11) is 1.77. The van der Waals surface area contributed by atoms with Gasteiger partial charge in [0.2, 0.25) is 11.8 Å². The molecule has 184 valence electrons. The van der Waals surface area contributed by atoms with E-state index in [0.29, 0.717) is 18.3 Å². The van der Waals surface area contributed by atoms with Crippen LogP contribution in [0.3, 0.4) is 0 Å². The number of nitrogens with zero attached hydrogens (tertiary/aromatic N) is 3. The second-order valence-electron chi connectivity index (χ2n) is 9.17. The molecular formula is C26H36IN5O2. The average Bonchev–Trinajstić information content (AvgIpc) is 3.51. The summed E-state index contributed by atoms with van der Waals surface area (Å²) in [6.07, 6.45) is 7.19. The van der Waals surface area contributed by atoms with Crippen LogP contribution in [0.25, 0.3) is 0 Å². The number of ether oxygens (including phenoxy) is 1. The molecule has 7 nitrogen and oxygen atoms in total. The molecule has 1 amide bonds. The fourth-order valence-electron chi connectivity index (χ4n) is 4.60. The highest BCUT2D eigenvalue weighted by Gasteiger charge is 2.32. The van der Waals surface area contributed by atoms with Gasteiger partial charge in [-0.25, -0.2) is 4.98 Å². The highest BCUT2D eigenvalue weighted by atomic mass is 127. The number of likely N-dealkylation sites (tertiary alicyclic amines) is 1. The summed E-state index contributed by atoms with van der Waals surface area (Å²) < 4.78 is 5.95. The number of aliphatic imine (C=N–C) groups is 1. The van der Waals surface area contributed by atoms with E-state index in [9.17, 15) is 4.79 Å². The molecule has 2 heterocycles. The Morgan fingerprint density at radius 2 is 1.94 bits per heavy atom. The molecule has 1 saturated carbocycles. The van der Waals surface area contributed by atoms with Gasteiger partial charge in [-0.3, -0.25) is 9.79 Å². The number of carbonyl (C=O) groups excluding carboxylic acids is 1. The molecular weight excluding hydrogens is 541 g/mol. The monoisotopic (exact) mass is 577 g/mol. The van der Waals surface area contributed by atoms with E-state index in [1.54, 1.807) is 13.2 Å².